The number of imidazole rings is 1. The van der Waals surface area contributed by atoms with Gasteiger partial charge in [-0.15, -0.1) is 0 Å². The number of para-hydroxylation sites is 2. The van der Waals surface area contributed by atoms with Crippen molar-refractivity contribution in [2.24, 2.45) is 10.1 Å². The Morgan fingerprint density at radius 2 is 1.73 bits per heavy atom. The van der Waals surface area contributed by atoms with Crippen LogP contribution in [0.4, 0.5) is 11.5 Å². The SMILES string of the molecule is C/C(=N\n1c(/N=C/c2ccc(O)cc2)c(C#N)c(-c2ccc([N+](=O)[O-])cc2)c(C#N)c1=O)c1nc2ccccc2[nH]1. The summed E-state index contributed by atoms with van der Waals surface area (Å²) in [5, 5.41) is 45.5. The Balaban J connectivity index is 1.78. The monoisotopic (exact) mass is 542 g/mol. The first-order valence-electron chi connectivity index (χ1n) is 12.0. The number of nitro groups is 1. The molecule has 0 spiro atoms. The molecule has 0 aliphatic rings. The Morgan fingerprint density at radius 3 is 2.37 bits per heavy atom. The minimum absolute atomic E-state index is 0.0272. The van der Waals surface area contributed by atoms with Crippen LogP contribution in [0.1, 0.15) is 29.4 Å². The molecule has 0 saturated heterocycles. The molecule has 41 heavy (non-hydrogen) atoms. The Hall–Kier alpha value is -6.40. The summed E-state index contributed by atoms with van der Waals surface area (Å²) in [6.45, 7) is 1.61. The average molecular weight is 543 g/mol. The molecule has 0 aliphatic carbocycles. The van der Waals surface area contributed by atoms with E-state index in [-0.39, 0.29) is 45.2 Å². The van der Waals surface area contributed by atoms with Gasteiger partial charge in [0.25, 0.3) is 11.2 Å². The standard InChI is InChI=1S/C29H18N8O4/c1-17(27-33-24-4-2-3-5-25(24)34-27)35-36-28(32-16-18-6-12-21(38)13-7-18)22(14-30)26(23(15-31)29(36)39)19-8-10-20(11-9-19)37(40)41/h2-13,16,38H,1H3,(H,33,34)/b32-16+,35-17+. The molecule has 0 atom stereocenters. The Kier molecular flexibility index (Phi) is 6.88. The number of aromatic hydroxyl groups is 1. The summed E-state index contributed by atoms with van der Waals surface area (Å²) in [6, 6.07) is 22.4. The molecule has 5 aromatic rings. The Labute approximate surface area is 231 Å². The smallest absolute Gasteiger partial charge is 0.291 e. The normalized spacial score (nSPS) is 11.4. The number of phenolic OH excluding ortho intramolecular Hbond substituents is 1. The first kappa shape index (κ1) is 26.2. The van der Waals surface area contributed by atoms with Gasteiger partial charge in [-0.25, -0.2) is 9.98 Å². The average Bonchev–Trinajstić information content (AvgIpc) is 3.42. The number of nitriles is 2. The van der Waals surface area contributed by atoms with Crippen molar-refractivity contribution in [1.82, 2.24) is 14.6 Å². The number of hydrogen-bond donors (Lipinski definition) is 2. The van der Waals surface area contributed by atoms with Crippen LogP contribution in [0.15, 0.2) is 87.7 Å². The van der Waals surface area contributed by atoms with Gasteiger partial charge in [0.15, 0.2) is 11.6 Å². The highest BCUT2D eigenvalue weighted by atomic mass is 16.6. The number of rotatable bonds is 6. The lowest BCUT2D eigenvalue weighted by atomic mass is 9.96. The molecule has 0 radical (unpaired) electrons. The molecule has 3 aromatic carbocycles. The second-order valence-electron chi connectivity index (χ2n) is 8.73. The van der Waals surface area contributed by atoms with E-state index in [0.717, 1.165) is 10.2 Å². The van der Waals surface area contributed by atoms with Crippen molar-refractivity contribution in [3.05, 3.63) is 116 Å². The molecule has 0 saturated carbocycles. The molecule has 2 N–H and O–H groups in total. The zero-order valence-electron chi connectivity index (χ0n) is 21.3. The van der Waals surface area contributed by atoms with Gasteiger partial charge in [0.1, 0.15) is 34.7 Å². The molecular weight excluding hydrogens is 524 g/mol. The highest BCUT2D eigenvalue weighted by molar-refractivity contribution is 5.98. The van der Waals surface area contributed by atoms with Gasteiger partial charge >= 0.3 is 0 Å². The van der Waals surface area contributed by atoms with Crippen molar-refractivity contribution in [2.45, 2.75) is 6.92 Å². The van der Waals surface area contributed by atoms with E-state index in [1.54, 1.807) is 19.1 Å². The molecular formula is C29H18N8O4. The number of aromatic nitrogens is 3. The number of pyridine rings is 1. The zero-order chi connectivity index (χ0) is 29.1. The maximum absolute atomic E-state index is 13.7. The molecule has 198 valence electrons. The van der Waals surface area contributed by atoms with Crippen LogP contribution in [0.25, 0.3) is 22.2 Å². The molecule has 12 nitrogen and oxygen atoms in total. The molecule has 0 unspecified atom stereocenters. The number of benzene rings is 3. The molecule has 2 aromatic heterocycles. The lowest BCUT2D eigenvalue weighted by Crippen LogP contribution is -2.23. The number of nitro benzene ring substituents is 1. The number of nitrogens with zero attached hydrogens (tertiary/aromatic N) is 7. The molecule has 12 heteroatoms. The zero-order valence-corrected chi connectivity index (χ0v) is 21.3. The quantitative estimate of drug-likeness (QED) is 0.176. The summed E-state index contributed by atoms with van der Waals surface area (Å²) < 4.78 is 0.866. The van der Waals surface area contributed by atoms with E-state index in [0.29, 0.717) is 16.9 Å². The van der Waals surface area contributed by atoms with Crippen molar-refractivity contribution in [1.29, 1.82) is 10.5 Å². The van der Waals surface area contributed by atoms with Gasteiger partial charge in [-0.2, -0.15) is 20.3 Å². The second-order valence-corrected chi connectivity index (χ2v) is 8.73. The second kappa shape index (κ2) is 10.8. The number of H-pyrrole nitrogens is 1. The Bertz CT molecular complexity index is 1990. The third-order valence-electron chi connectivity index (χ3n) is 6.13. The van der Waals surface area contributed by atoms with Crippen molar-refractivity contribution >= 4 is 34.5 Å². The Morgan fingerprint density at radius 1 is 1.05 bits per heavy atom. The lowest BCUT2D eigenvalue weighted by Gasteiger charge is -2.13. The number of aliphatic imine (C=N–C) groups is 1. The lowest BCUT2D eigenvalue weighted by molar-refractivity contribution is -0.384. The predicted octanol–water partition coefficient (Wildman–Crippen LogP) is 4.77. The summed E-state index contributed by atoms with van der Waals surface area (Å²) in [5.74, 6) is 0.234. The van der Waals surface area contributed by atoms with Crippen LogP contribution < -0.4 is 5.56 Å². The van der Waals surface area contributed by atoms with Gasteiger partial charge in [0.2, 0.25) is 0 Å². The van der Waals surface area contributed by atoms with Gasteiger partial charge in [0, 0.05) is 23.9 Å². The molecule has 0 aliphatic heterocycles. The first-order chi connectivity index (χ1) is 19.8. The van der Waals surface area contributed by atoms with Crippen molar-refractivity contribution in [3.8, 4) is 29.0 Å². The predicted molar refractivity (Wildman–Crippen MR) is 151 cm³/mol. The van der Waals surface area contributed by atoms with E-state index in [2.05, 4.69) is 20.1 Å². The number of non-ortho nitro benzene ring substituents is 1. The molecule has 2 heterocycles. The minimum Gasteiger partial charge on any atom is -0.508 e. The fourth-order valence-electron chi connectivity index (χ4n) is 4.13. The molecule has 0 amide bonds. The van der Waals surface area contributed by atoms with Crippen LogP contribution in [-0.2, 0) is 0 Å². The minimum atomic E-state index is -0.854. The van der Waals surface area contributed by atoms with Crippen LogP contribution >= 0.6 is 0 Å². The number of nitrogens with one attached hydrogen (secondary N) is 1. The summed E-state index contributed by atoms with van der Waals surface area (Å²) in [6.07, 6.45) is 1.38. The van der Waals surface area contributed by atoms with E-state index in [4.69, 9.17) is 0 Å². The van der Waals surface area contributed by atoms with Crippen molar-refractivity contribution in [2.75, 3.05) is 0 Å². The highest BCUT2D eigenvalue weighted by Crippen LogP contribution is 2.33. The first-order valence-corrected chi connectivity index (χ1v) is 12.0. The van der Waals surface area contributed by atoms with E-state index in [1.165, 1.54) is 42.6 Å². The summed E-state index contributed by atoms with van der Waals surface area (Å²) in [7, 11) is 0. The van der Waals surface area contributed by atoms with Crippen LogP contribution in [0.3, 0.4) is 0 Å². The third-order valence-corrected chi connectivity index (χ3v) is 6.13. The van der Waals surface area contributed by atoms with Crippen LogP contribution in [-0.4, -0.2) is 36.6 Å². The van der Waals surface area contributed by atoms with Gasteiger partial charge < -0.3 is 10.1 Å². The molecule has 0 bridgehead atoms. The molecule has 5 rings (SSSR count). The number of fused-ring (bicyclic) bond motifs is 1. The highest BCUT2D eigenvalue weighted by Gasteiger charge is 2.24. The maximum atomic E-state index is 13.7. The van der Waals surface area contributed by atoms with Crippen LogP contribution in [0.5, 0.6) is 5.75 Å². The summed E-state index contributed by atoms with van der Waals surface area (Å²) in [4.78, 5) is 36.3. The van der Waals surface area contributed by atoms with E-state index in [9.17, 15) is 30.5 Å². The largest absolute Gasteiger partial charge is 0.508 e. The topological polar surface area (TPSA) is 186 Å². The fourth-order valence-corrected chi connectivity index (χ4v) is 4.13. The van der Waals surface area contributed by atoms with Gasteiger partial charge in [-0.3, -0.25) is 14.9 Å². The number of hydrogen-bond acceptors (Lipinski definition) is 9. The van der Waals surface area contributed by atoms with E-state index < -0.39 is 10.5 Å². The van der Waals surface area contributed by atoms with Gasteiger partial charge in [-0.1, -0.05) is 12.1 Å². The summed E-state index contributed by atoms with van der Waals surface area (Å²) in [5.41, 5.74) is 0.880. The van der Waals surface area contributed by atoms with E-state index >= 15 is 0 Å². The van der Waals surface area contributed by atoms with Crippen LogP contribution in [0, 0.1) is 32.8 Å². The van der Waals surface area contributed by atoms with Crippen LogP contribution in [0.2, 0.25) is 0 Å². The van der Waals surface area contributed by atoms with E-state index in [1.807, 2.05) is 36.4 Å². The van der Waals surface area contributed by atoms with Crippen molar-refractivity contribution in [3.63, 3.8) is 0 Å². The fraction of sp³-hybridized carbons (Fsp3) is 0.0345. The third kappa shape index (κ3) is 5.04. The summed E-state index contributed by atoms with van der Waals surface area (Å²) >= 11 is 0. The number of phenols is 1. The van der Waals surface area contributed by atoms with Gasteiger partial charge in [0.05, 0.1) is 16.0 Å². The number of aromatic amines is 1. The van der Waals surface area contributed by atoms with Crippen molar-refractivity contribution < 1.29 is 10.0 Å². The maximum Gasteiger partial charge on any atom is 0.291 e. The van der Waals surface area contributed by atoms with Gasteiger partial charge in [-0.05, 0) is 66.6 Å². The molecule has 0 fully saturated rings.